The van der Waals surface area contributed by atoms with E-state index < -0.39 is 6.04 Å². The van der Waals surface area contributed by atoms with Crippen molar-refractivity contribution in [1.82, 2.24) is 9.88 Å². The summed E-state index contributed by atoms with van der Waals surface area (Å²) in [4.78, 5) is 18.4. The molecule has 2 heterocycles. The zero-order chi connectivity index (χ0) is 17.4. The van der Waals surface area contributed by atoms with Gasteiger partial charge in [0.1, 0.15) is 5.82 Å². The van der Waals surface area contributed by atoms with Crippen LogP contribution >= 0.6 is 0 Å². The Balaban J connectivity index is 1.73. The van der Waals surface area contributed by atoms with E-state index in [-0.39, 0.29) is 11.7 Å². The Morgan fingerprint density at radius 1 is 1.20 bits per heavy atom. The van der Waals surface area contributed by atoms with Gasteiger partial charge in [-0.05, 0) is 41.3 Å². The van der Waals surface area contributed by atoms with E-state index in [9.17, 15) is 9.18 Å². The molecule has 126 valence electrons. The number of nitrogens with two attached hydrogens (primary N) is 1. The van der Waals surface area contributed by atoms with Gasteiger partial charge in [-0.2, -0.15) is 0 Å². The first-order valence-corrected chi connectivity index (χ1v) is 8.25. The Kier molecular flexibility index (Phi) is 3.93. The lowest BCUT2D eigenvalue weighted by Gasteiger charge is -2.35. The van der Waals surface area contributed by atoms with Crippen LogP contribution in [0.2, 0.25) is 0 Å². The van der Waals surface area contributed by atoms with Crippen molar-refractivity contribution in [3.8, 4) is 0 Å². The van der Waals surface area contributed by atoms with Crippen LogP contribution in [0.3, 0.4) is 0 Å². The maximum atomic E-state index is 14.0. The second-order valence-corrected chi connectivity index (χ2v) is 6.44. The molecule has 2 aromatic carbocycles. The normalized spacial score (nSPS) is 17.4. The molecule has 1 aromatic heterocycles. The second-order valence-electron chi connectivity index (χ2n) is 6.44. The number of aromatic nitrogens is 1. The van der Waals surface area contributed by atoms with Crippen molar-refractivity contribution in [1.29, 1.82) is 0 Å². The van der Waals surface area contributed by atoms with E-state index in [1.807, 2.05) is 29.2 Å². The first kappa shape index (κ1) is 15.7. The number of amides is 1. The van der Waals surface area contributed by atoms with Crippen LogP contribution in [0.25, 0.3) is 10.9 Å². The molecule has 25 heavy (non-hydrogen) atoms. The highest BCUT2D eigenvalue weighted by molar-refractivity contribution is 5.82. The SMILES string of the molecule is NC(=O)[C@@H]1Cc2ccccc2CN1Cc1cc(F)cc2cccnc12. The molecule has 1 aliphatic heterocycles. The number of halogens is 1. The van der Waals surface area contributed by atoms with E-state index in [0.717, 1.165) is 22.0 Å². The first-order valence-electron chi connectivity index (χ1n) is 8.25. The highest BCUT2D eigenvalue weighted by Crippen LogP contribution is 2.27. The lowest BCUT2D eigenvalue weighted by Crippen LogP contribution is -2.48. The van der Waals surface area contributed by atoms with Gasteiger partial charge in [-0.15, -0.1) is 0 Å². The van der Waals surface area contributed by atoms with Crippen LogP contribution in [0, 0.1) is 5.82 Å². The second kappa shape index (κ2) is 6.26. The molecule has 1 amide bonds. The van der Waals surface area contributed by atoms with Crippen LogP contribution in [0.4, 0.5) is 4.39 Å². The fraction of sp³-hybridized carbons (Fsp3) is 0.200. The van der Waals surface area contributed by atoms with Gasteiger partial charge in [-0.25, -0.2) is 4.39 Å². The molecule has 1 aliphatic rings. The molecule has 0 spiro atoms. The molecular weight excluding hydrogens is 317 g/mol. The Morgan fingerprint density at radius 2 is 2.00 bits per heavy atom. The maximum Gasteiger partial charge on any atom is 0.235 e. The molecular formula is C20H18FN3O. The van der Waals surface area contributed by atoms with Gasteiger partial charge in [-0.1, -0.05) is 30.3 Å². The lowest BCUT2D eigenvalue weighted by molar-refractivity contribution is -0.124. The van der Waals surface area contributed by atoms with Crippen LogP contribution in [0.5, 0.6) is 0 Å². The van der Waals surface area contributed by atoms with Gasteiger partial charge >= 0.3 is 0 Å². The summed E-state index contributed by atoms with van der Waals surface area (Å²) >= 11 is 0. The minimum absolute atomic E-state index is 0.302. The number of hydrogen-bond donors (Lipinski definition) is 1. The van der Waals surface area contributed by atoms with Crippen molar-refractivity contribution in [3.05, 3.63) is 77.2 Å². The highest BCUT2D eigenvalue weighted by Gasteiger charge is 2.30. The number of benzene rings is 2. The molecule has 3 aromatic rings. The monoisotopic (exact) mass is 335 g/mol. The van der Waals surface area contributed by atoms with E-state index in [1.165, 1.54) is 17.7 Å². The van der Waals surface area contributed by atoms with Crippen LogP contribution in [-0.2, 0) is 24.3 Å². The molecule has 4 nitrogen and oxygen atoms in total. The first-order chi connectivity index (χ1) is 12.1. The third-order valence-electron chi connectivity index (χ3n) is 4.80. The number of pyridine rings is 1. The number of nitrogens with zero attached hydrogens (tertiary/aromatic N) is 2. The van der Waals surface area contributed by atoms with Crippen LogP contribution in [0.15, 0.2) is 54.7 Å². The molecule has 0 radical (unpaired) electrons. The average molecular weight is 335 g/mol. The van der Waals surface area contributed by atoms with Crippen molar-refractivity contribution in [2.45, 2.75) is 25.6 Å². The van der Waals surface area contributed by atoms with Crippen LogP contribution < -0.4 is 5.73 Å². The molecule has 0 aliphatic carbocycles. The van der Waals surface area contributed by atoms with E-state index >= 15 is 0 Å². The summed E-state index contributed by atoms with van der Waals surface area (Å²) in [5, 5.41) is 0.755. The summed E-state index contributed by atoms with van der Waals surface area (Å²) in [6.45, 7) is 1.03. The van der Waals surface area contributed by atoms with Crippen LogP contribution in [0.1, 0.15) is 16.7 Å². The number of carbonyl (C=O) groups is 1. The van der Waals surface area contributed by atoms with Crippen molar-refractivity contribution >= 4 is 16.8 Å². The highest BCUT2D eigenvalue weighted by atomic mass is 19.1. The smallest absolute Gasteiger partial charge is 0.235 e. The van der Waals surface area contributed by atoms with Crippen molar-refractivity contribution in [2.75, 3.05) is 0 Å². The van der Waals surface area contributed by atoms with Gasteiger partial charge in [0.05, 0.1) is 11.6 Å². The molecule has 1 atom stereocenters. The molecule has 0 unspecified atom stereocenters. The number of fused-ring (bicyclic) bond motifs is 2. The Hall–Kier alpha value is -2.79. The Bertz CT molecular complexity index is 957. The quantitative estimate of drug-likeness (QED) is 0.801. The summed E-state index contributed by atoms with van der Waals surface area (Å²) in [7, 11) is 0. The summed E-state index contributed by atoms with van der Waals surface area (Å²) in [6.07, 6.45) is 2.27. The average Bonchev–Trinajstić information content (AvgIpc) is 2.61. The molecule has 5 heteroatoms. The number of primary amides is 1. The molecule has 0 fully saturated rings. The minimum Gasteiger partial charge on any atom is -0.368 e. The summed E-state index contributed by atoms with van der Waals surface area (Å²) in [5.41, 5.74) is 9.48. The predicted octanol–water partition coefficient (Wildman–Crippen LogP) is 2.79. The van der Waals surface area contributed by atoms with Crippen molar-refractivity contribution in [2.24, 2.45) is 5.73 Å². The summed E-state index contributed by atoms with van der Waals surface area (Å²) in [6, 6.07) is 14.2. The van der Waals surface area contributed by atoms with Crippen LogP contribution in [-0.4, -0.2) is 21.8 Å². The zero-order valence-corrected chi connectivity index (χ0v) is 13.7. The number of hydrogen-bond acceptors (Lipinski definition) is 3. The minimum atomic E-state index is -0.406. The Morgan fingerprint density at radius 3 is 2.80 bits per heavy atom. The van der Waals surface area contributed by atoms with Gasteiger partial charge in [0.2, 0.25) is 5.91 Å². The fourth-order valence-corrected chi connectivity index (χ4v) is 3.59. The summed E-state index contributed by atoms with van der Waals surface area (Å²) < 4.78 is 14.0. The zero-order valence-electron chi connectivity index (χ0n) is 13.7. The van der Waals surface area contributed by atoms with E-state index in [4.69, 9.17) is 5.73 Å². The molecule has 0 saturated heterocycles. The Labute approximate surface area is 145 Å². The third-order valence-corrected chi connectivity index (χ3v) is 4.80. The van der Waals surface area contributed by atoms with Gasteiger partial charge in [-0.3, -0.25) is 14.7 Å². The van der Waals surface area contributed by atoms with E-state index in [2.05, 4.69) is 11.1 Å². The number of rotatable bonds is 3. The van der Waals surface area contributed by atoms with Gasteiger partial charge in [0, 0.05) is 24.7 Å². The van der Waals surface area contributed by atoms with Gasteiger partial charge in [0.15, 0.2) is 0 Å². The molecule has 0 saturated carbocycles. The lowest BCUT2D eigenvalue weighted by atomic mass is 9.93. The van der Waals surface area contributed by atoms with Crippen molar-refractivity contribution in [3.63, 3.8) is 0 Å². The molecule has 4 rings (SSSR count). The van der Waals surface area contributed by atoms with Gasteiger partial charge < -0.3 is 5.73 Å². The molecule has 0 bridgehead atoms. The summed E-state index contributed by atoms with van der Waals surface area (Å²) in [5.74, 6) is -0.660. The topological polar surface area (TPSA) is 59.2 Å². The largest absolute Gasteiger partial charge is 0.368 e. The fourth-order valence-electron chi connectivity index (χ4n) is 3.59. The van der Waals surface area contributed by atoms with E-state index in [1.54, 1.807) is 12.3 Å². The molecule has 2 N–H and O–H groups in total. The number of carbonyl (C=O) groups excluding carboxylic acids is 1. The third kappa shape index (κ3) is 2.98. The van der Waals surface area contributed by atoms with Gasteiger partial charge in [0.25, 0.3) is 0 Å². The van der Waals surface area contributed by atoms with E-state index in [0.29, 0.717) is 19.5 Å². The predicted molar refractivity (Wildman–Crippen MR) is 94.1 cm³/mol. The maximum absolute atomic E-state index is 14.0. The standard InChI is InChI=1S/C20H18FN3O/c21-17-8-14-6-3-7-23-19(14)16(9-17)12-24-11-15-5-2-1-4-13(15)10-18(24)20(22)25/h1-9,18H,10-12H2,(H2,22,25)/t18-/m0/s1. The van der Waals surface area contributed by atoms with Crippen molar-refractivity contribution < 1.29 is 9.18 Å².